The maximum absolute atomic E-state index is 13.1. The van der Waals surface area contributed by atoms with Crippen molar-refractivity contribution < 1.29 is 47.2 Å². The van der Waals surface area contributed by atoms with Crippen LogP contribution in [0.3, 0.4) is 0 Å². The summed E-state index contributed by atoms with van der Waals surface area (Å²) in [4.78, 5) is 37.8. The number of hydrogen-bond donors (Lipinski definition) is 1. The fourth-order valence-corrected chi connectivity index (χ4v) is 5.44. The number of ether oxygens (including phenoxy) is 6. The van der Waals surface area contributed by atoms with Gasteiger partial charge >= 0.3 is 18.0 Å². The lowest BCUT2D eigenvalue weighted by Crippen LogP contribution is -2.56. The van der Waals surface area contributed by atoms with Gasteiger partial charge in [-0.2, -0.15) is 0 Å². The summed E-state index contributed by atoms with van der Waals surface area (Å²) in [5.41, 5.74) is 2.06. The van der Waals surface area contributed by atoms with Gasteiger partial charge in [-0.05, 0) is 47.0 Å². The highest BCUT2D eigenvalue weighted by Gasteiger charge is 2.44. The summed E-state index contributed by atoms with van der Waals surface area (Å²) < 4.78 is 40.4. The maximum Gasteiger partial charge on any atom is 0.407 e. The van der Waals surface area contributed by atoms with Gasteiger partial charge in [0.2, 0.25) is 0 Å². The molecule has 1 amide bonds. The molecule has 0 aliphatic carbocycles. The lowest BCUT2D eigenvalue weighted by atomic mass is 9.94. The largest absolute Gasteiger partial charge is 0.497 e. The topological polar surface area (TPSA) is 128 Å². The molecule has 0 aromatic heterocycles. The van der Waals surface area contributed by atoms with E-state index in [1.165, 1.54) is 20.1 Å². The number of rotatable bonds is 13. The van der Waals surface area contributed by atoms with E-state index in [1.54, 1.807) is 19.2 Å². The normalized spacial score (nSPS) is 20.0. The third-order valence-corrected chi connectivity index (χ3v) is 12.6. The second kappa shape index (κ2) is 16.7. The third-order valence-electron chi connectivity index (χ3n) is 8.12. The molecule has 1 heterocycles. The van der Waals surface area contributed by atoms with Crippen molar-refractivity contribution in [3.8, 4) is 5.75 Å². The van der Waals surface area contributed by atoms with Crippen molar-refractivity contribution in [2.75, 3.05) is 20.8 Å². The maximum atomic E-state index is 13.1. The van der Waals surface area contributed by atoms with Gasteiger partial charge in [-0.3, -0.25) is 4.79 Å². The first-order valence-corrected chi connectivity index (χ1v) is 18.1. The average Bonchev–Trinajstić information content (AvgIpc) is 3.02. The zero-order valence-electron chi connectivity index (χ0n) is 28.0. The molecular formula is C34H47NO10Si. The van der Waals surface area contributed by atoms with Crippen LogP contribution in [0.4, 0.5) is 4.79 Å². The van der Waals surface area contributed by atoms with Crippen molar-refractivity contribution in [1.82, 2.24) is 5.32 Å². The predicted molar refractivity (Wildman–Crippen MR) is 173 cm³/mol. The Kier molecular flexibility index (Phi) is 13.4. The Morgan fingerprint density at radius 2 is 1.65 bits per heavy atom. The van der Waals surface area contributed by atoms with E-state index in [2.05, 4.69) is 39.2 Å². The Hall–Kier alpha value is -3.71. The minimum absolute atomic E-state index is 0.0730. The van der Waals surface area contributed by atoms with Crippen LogP contribution in [-0.4, -0.2) is 71.7 Å². The zero-order chi connectivity index (χ0) is 33.9. The minimum Gasteiger partial charge on any atom is -0.497 e. The molecule has 46 heavy (non-hydrogen) atoms. The lowest BCUT2D eigenvalue weighted by Gasteiger charge is -2.42. The molecular weight excluding hydrogens is 610 g/mol. The van der Waals surface area contributed by atoms with E-state index in [0.29, 0.717) is 11.3 Å². The molecule has 0 saturated carbocycles. The van der Waals surface area contributed by atoms with Gasteiger partial charge in [-0.1, -0.05) is 63.2 Å². The van der Waals surface area contributed by atoms with Crippen molar-refractivity contribution >= 4 is 26.3 Å². The quantitative estimate of drug-likeness (QED) is 0.124. The molecule has 0 spiro atoms. The summed E-state index contributed by atoms with van der Waals surface area (Å²) in [7, 11) is 0.570. The van der Waals surface area contributed by atoms with E-state index in [1.807, 2.05) is 42.5 Å². The van der Waals surface area contributed by atoms with Gasteiger partial charge in [-0.25, -0.2) is 9.59 Å². The molecule has 3 rings (SSSR count). The molecule has 1 N–H and O–H groups in total. The fraction of sp³-hybridized carbons (Fsp3) is 0.500. The Labute approximate surface area is 272 Å². The monoisotopic (exact) mass is 657 g/mol. The summed E-state index contributed by atoms with van der Waals surface area (Å²) >= 11 is 0. The van der Waals surface area contributed by atoms with Gasteiger partial charge in [0.1, 0.15) is 12.4 Å². The second-order valence-corrected chi connectivity index (χ2v) is 17.4. The Morgan fingerprint density at radius 3 is 2.24 bits per heavy atom. The molecule has 2 aromatic rings. The summed E-state index contributed by atoms with van der Waals surface area (Å²) in [5.74, 6) is -0.527. The molecule has 1 fully saturated rings. The molecule has 1 saturated heterocycles. The molecule has 1 aliphatic rings. The molecule has 12 heteroatoms. The van der Waals surface area contributed by atoms with Gasteiger partial charge in [0.15, 0.2) is 20.7 Å². The van der Waals surface area contributed by atoms with Gasteiger partial charge < -0.3 is 38.2 Å². The standard InChI is InChI=1S/C34H47NO10Si/c1-23(36)44-31-26(19-30(37)40-6)18-29(45-32(31)41-20-25-14-16-27(39-5)17-15-25)28(22-43-46(7,8)34(2,3)4)35-33(38)42-21-24-12-10-9-11-13-24/h9-17,19,28-29,31-32H,18,20-22H2,1-8H3,(H,35,38)/b26-19+/t28-,29+,31-,32-/m1/s1. The first kappa shape index (κ1) is 36.8. The van der Waals surface area contributed by atoms with Crippen LogP contribution in [-0.2, 0) is 50.9 Å². The van der Waals surface area contributed by atoms with Gasteiger partial charge in [-0.15, -0.1) is 0 Å². The number of nitrogens with one attached hydrogen (secondary N) is 1. The van der Waals surface area contributed by atoms with Crippen LogP contribution in [0.5, 0.6) is 5.75 Å². The van der Waals surface area contributed by atoms with E-state index in [-0.39, 0.29) is 31.3 Å². The van der Waals surface area contributed by atoms with E-state index in [4.69, 9.17) is 32.8 Å². The highest BCUT2D eigenvalue weighted by Crippen LogP contribution is 2.37. The molecule has 11 nitrogen and oxygen atoms in total. The number of carbonyl (C=O) groups excluding carboxylic acids is 3. The van der Waals surface area contributed by atoms with Crippen LogP contribution in [0.2, 0.25) is 18.1 Å². The number of carbonyl (C=O) groups is 3. The summed E-state index contributed by atoms with van der Waals surface area (Å²) in [6.07, 6.45) is -2.20. The highest BCUT2D eigenvalue weighted by atomic mass is 28.4. The van der Waals surface area contributed by atoms with E-state index >= 15 is 0 Å². The van der Waals surface area contributed by atoms with Gasteiger partial charge in [0.05, 0.1) is 39.6 Å². The number of benzene rings is 2. The number of alkyl carbamates (subject to hydrolysis) is 1. The highest BCUT2D eigenvalue weighted by molar-refractivity contribution is 6.74. The van der Waals surface area contributed by atoms with Gasteiger partial charge in [0, 0.05) is 19.4 Å². The summed E-state index contributed by atoms with van der Waals surface area (Å²) in [6, 6.07) is 15.9. The van der Waals surface area contributed by atoms with Crippen molar-refractivity contribution in [2.45, 2.75) is 90.0 Å². The predicted octanol–water partition coefficient (Wildman–Crippen LogP) is 5.67. The molecule has 1 aliphatic heterocycles. The Balaban J connectivity index is 1.92. The molecule has 0 unspecified atom stereocenters. The number of esters is 2. The number of hydrogen-bond acceptors (Lipinski definition) is 10. The Bertz CT molecular complexity index is 1320. The number of methoxy groups -OCH3 is 2. The summed E-state index contributed by atoms with van der Waals surface area (Å²) in [6.45, 7) is 12.1. The second-order valence-electron chi connectivity index (χ2n) is 12.6. The van der Waals surface area contributed by atoms with Crippen LogP contribution in [0.25, 0.3) is 0 Å². The minimum atomic E-state index is -2.27. The molecule has 0 radical (unpaired) electrons. The SMILES string of the molecule is COC(=O)/C=C1\C[C@@H]([C@@H](CO[Si](C)(C)C(C)(C)C)NC(=O)OCc2ccccc2)O[C@@H](OCc2ccc(OC)cc2)[C@@H]1OC(C)=O. The molecule has 4 atom stereocenters. The molecule has 252 valence electrons. The smallest absolute Gasteiger partial charge is 0.407 e. The fourth-order valence-electron chi connectivity index (χ4n) is 4.41. The Morgan fingerprint density at radius 1 is 1.00 bits per heavy atom. The van der Waals surface area contributed by atoms with Crippen molar-refractivity contribution in [2.24, 2.45) is 0 Å². The molecule has 2 aromatic carbocycles. The van der Waals surface area contributed by atoms with Crippen molar-refractivity contribution in [3.05, 3.63) is 77.4 Å². The van der Waals surface area contributed by atoms with E-state index in [0.717, 1.165) is 11.1 Å². The third kappa shape index (κ3) is 11.0. The van der Waals surface area contributed by atoms with Crippen LogP contribution >= 0.6 is 0 Å². The van der Waals surface area contributed by atoms with E-state index in [9.17, 15) is 14.4 Å². The first-order valence-electron chi connectivity index (χ1n) is 15.2. The van der Waals surface area contributed by atoms with Crippen LogP contribution in [0.1, 0.15) is 45.2 Å². The van der Waals surface area contributed by atoms with Crippen molar-refractivity contribution in [1.29, 1.82) is 0 Å². The van der Waals surface area contributed by atoms with Gasteiger partial charge in [0.25, 0.3) is 0 Å². The summed E-state index contributed by atoms with van der Waals surface area (Å²) in [5, 5.41) is 2.82. The van der Waals surface area contributed by atoms with E-state index < -0.39 is 50.9 Å². The average molecular weight is 658 g/mol. The van der Waals surface area contributed by atoms with Crippen LogP contribution in [0, 0.1) is 0 Å². The van der Waals surface area contributed by atoms with Crippen LogP contribution in [0.15, 0.2) is 66.2 Å². The number of amides is 1. The first-order chi connectivity index (χ1) is 21.7. The van der Waals surface area contributed by atoms with Crippen molar-refractivity contribution in [3.63, 3.8) is 0 Å². The molecule has 0 bridgehead atoms. The zero-order valence-corrected chi connectivity index (χ0v) is 29.0. The lowest BCUT2D eigenvalue weighted by molar-refractivity contribution is -0.241. The van der Waals surface area contributed by atoms with Crippen LogP contribution < -0.4 is 10.1 Å².